The van der Waals surface area contributed by atoms with Gasteiger partial charge in [-0.15, -0.1) is 0 Å². The Morgan fingerprint density at radius 2 is 1.74 bits per heavy atom. The fourth-order valence-corrected chi connectivity index (χ4v) is 1.26. The van der Waals surface area contributed by atoms with Gasteiger partial charge in [-0.05, 0) is 25.8 Å². The topological polar surface area (TPSA) is 82.8 Å². The van der Waals surface area contributed by atoms with Crippen LogP contribution in [0.2, 0.25) is 0 Å². The van der Waals surface area contributed by atoms with Crippen molar-refractivity contribution in [1.29, 1.82) is 0 Å². The molecule has 0 atom stereocenters. The highest BCUT2D eigenvalue weighted by Gasteiger charge is 1.99. The van der Waals surface area contributed by atoms with Gasteiger partial charge in [0, 0.05) is 13.2 Å². The average molecular weight is 276 g/mol. The largest absolute Gasteiger partial charge is 0.450 e. The van der Waals surface area contributed by atoms with E-state index in [-0.39, 0.29) is 6.09 Å². The van der Waals surface area contributed by atoms with Crippen molar-refractivity contribution in [2.75, 3.05) is 46.1 Å². The Morgan fingerprint density at radius 1 is 1.00 bits per heavy atom. The van der Waals surface area contributed by atoms with Crippen LogP contribution < -0.4 is 11.1 Å². The maximum absolute atomic E-state index is 11.1. The van der Waals surface area contributed by atoms with Crippen molar-refractivity contribution in [3.63, 3.8) is 0 Å². The molecule has 0 radical (unpaired) electrons. The summed E-state index contributed by atoms with van der Waals surface area (Å²) in [5, 5.41) is 2.62. The van der Waals surface area contributed by atoms with Gasteiger partial charge in [-0.1, -0.05) is 13.3 Å². The Morgan fingerprint density at radius 3 is 2.42 bits per heavy atom. The highest BCUT2D eigenvalue weighted by atomic mass is 16.5. The lowest BCUT2D eigenvalue weighted by Crippen LogP contribution is -2.28. The van der Waals surface area contributed by atoms with Crippen LogP contribution in [0, 0.1) is 0 Å². The van der Waals surface area contributed by atoms with Crippen LogP contribution in [-0.2, 0) is 14.2 Å². The monoisotopic (exact) mass is 276 g/mol. The summed E-state index contributed by atoms with van der Waals surface area (Å²) in [5.41, 5.74) is 5.36. The van der Waals surface area contributed by atoms with E-state index in [0.717, 1.165) is 32.3 Å². The van der Waals surface area contributed by atoms with Gasteiger partial charge >= 0.3 is 6.09 Å². The molecule has 0 aromatic rings. The van der Waals surface area contributed by atoms with E-state index in [1.807, 2.05) is 6.92 Å². The van der Waals surface area contributed by atoms with E-state index in [4.69, 9.17) is 19.9 Å². The zero-order valence-corrected chi connectivity index (χ0v) is 12.0. The smallest absolute Gasteiger partial charge is 0.407 e. The number of nitrogens with two attached hydrogens (primary N) is 1. The quantitative estimate of drug-likeness (QED) is 0.495. The van der Waals surface area contributed by atoms with E-state index in [1.54, 1.807) is 0 Å². The summed E-state index contributed by atoms with van der Waals surface area (Å²) >= 11 is 0. The molecule has 0 aromatic carbocycles. The van der Waals surface area contributed by atoms with Crippen LogP contribution in [0.15, 0.2) is 0 Å². The molecular weight excluding hydrogens is 248 g/mol. The molecule has 0 aliphatic rings. The summed E-state index contributed by atoms with van der Waals surface area (Å²) < 4.78 is 15.6. The van der Waals surface area contributed by atoms with Crippen molar-refractivity contribution in [2.24, 2.45) is 5.73 Å². The number of carbonyl (C=O) groups excluding carboxylic acids is 1. The molecule has 0 aromatic heterocycles. The van der Waals surface area contributed by atoms with E-state index in [9.17, 15) is 4.79 Å². The molecule has 0 fully saturated rings. The molecular formula is C13H28N2O4. The van der Waals surface area contributed by atoms with Gasteiger partial charge in [-0.3, -0.25) is 0 Å². The maximum atomic E-state index is 11.1. The highest BCUT2D eigenvalue weighted by molar-refractivity contribution is 5.66. The third-order valence-corrected chi connectivity index (χ3v) is 2.36. The molecule has 0 aliphatic carbocycles. The van der Waals surface area contributed by atoms with Crippen molar-refractivity contribution in [3.8, 4) is 0 Å². The first-order valence-electron chi connectivity index (χ1n) is 7.07. The van der Waals surface area contributed by atoms with Crippen LogP contribution in [0.3, 0.4) is 0 Å². The Bertz CT molecular complexity index is 203. The lowest BCUT2D eigenvalue weighted by atomic mass is 10.3. The maximum Gasteiger partial charge on any atom is 0.407 e. The summed E-state index contributed by atoms with van der Waals surface area (Å²) in [6.45, 7) is 5.99. The van der Waals surface area contributed by atoms with E-state index in [1.165, 1.54) is 0 Å². The number of amides is 1. The zero-order valence-electron chi connectivity index (χ0n) is 12.0. The van der Waals surface area contributed by atoms with Crippen molar-refractivity contribution in [1.82, 2.24) is 5.32 Å². The number of ether oxygens (including phenoxy) is 3. The van der Waals surface area contributed by atoms with Gasteiger partial charge in [-0.25, -0.2) is 4.79 Å². The van der Waals surface area contributed by atoms with E-state index < -0.39 is 0 Å². The fourth-order valence-electron chi connectivity index (χ4n) is 1.26. The Hall–Kier alpha value is -0.850. The number of unbranched alkanes of at least 4 members (excludes halogenated alkanes) is 2. The van der Waals surface area contributed by atoms with Gasteiger partial charge in [0.1, 0.15) is 0 Å². The molecule has 19 heavy (non-hydrogen) atoms. The summed E-state index contributed by atoms with van der Waals surface area (Å²) in [5.74, 6) is 0. The van der Waals surface area contributed by atoms with Crippen molar-refractivity contribution >= 4 is 6.09 Å². The number of nitrogens with one attached hydrogen (secondary N) is 1. The Kier molecular flexibility index (Phi) is 14.5. The van der Waals surface area contributed by atoms with Gasteiger partial charge in [-0.2, -0.15) is 0 Å². The van der Waals surface area contributed by atoms with Gasteiger partial charge in [0.05, 0.1) is 26.4 Å². The second kappa shape index (κ2) is 15.2. The predicted molar refractivity (Wildman–Crippen MR) is 74.2 cm³/mol. The minimum absolute atomic E-state index is 0.380. The second-order valence-corrected chi connectivity index (χ2v) is 4.14. The van der Waals surface area contributed by atoms with Crippen LogP contribution in [0.25, 0.3) is 0 Å². The van der Waals surface area contributed by atoms with Crippen LogP contribution in [0.1, 0.15) is 32.6 Å². The average Bonchev–Trinajstić information content (AvgIpc) is 2.41. The lowest BCUT2D eigenvalue weighted by molar-refractivity contribution is 0.0471. The highest BCUT2D eigenvalue weighted by Crippen LogP contribution is 1.89. The second-order valence-electron chi connectivity index (χ2n) is 4.14. The fraction of sp³-hybridized carbons (Fsp3) is 0.923. The molecule has 0 aliphatic heterocycles. The third-order valence-electron chi connectivity index (χ3n) is 2.36. The number of rotatable bonds is 13. The molecule has 6 heteroatoms. The molecule has 0 unspecified atom stereocenters. The Balaban J connectivity index is 3.07. The van der Waals surface area contributed by atoms with E-state index >= 15 is 0 Å². The summed E-state index contributed by atoms with van der Waals surface area (Å²) in [6, 6.07) is 0. The van der Waals surface area contributed by atoms with Crippen LogP contribution in [-0.4, -0.2) is 52.2 Å². The first-order valence-corrected chi connectivity index (χ1v) is 7.07. The summed E-state index contributed by atoms with van der Waals surface area (Å²) in [4.78, 5) is 11.1. The minimum Gasteiger partial charge on any atom is -0.450 e. The van der Waals surface area contributed by atoms with Crippen molar-refractivity contribution < 1.29 is 19.0 Å². The van der Waals surface area contributed by atoms with Gasteiger partial charge < -0.3 is 25.3 Å². The first kappa shape index (κ1) is 18.1. The zero-order chi connectivity index (χ0) is 14.2. The van der Waals surface area contributed by atoms with E-state index in [2.05, 4.69) is 5.32 Å². The molecule has 0 spiro atoms. The first-order chi connectivity index (χ1) is 9.31. The van der Waals surface area contributed by atoms with Gasteiger partial charge in [0.25, 0.3) is 0 Å². The van der Waals surface area contributed by atoms with Crippen LogP contribution in [0.5, 0.6) is 0 Å². The van der Waals surface area contributed by atoms with Crippen LogP contribution >= 0.6 is 0 Å². The number of alkyl carbamates (subject to hydrolysis) is 1. The summed E-state index contributed by atoms with van der Waals surface area (Å²) in [7, 11) is 0. The van der Waals surface area contributed by atoms with Gasteiger partial charge in [0.15, 0.2) is 0 Å². The minimum atomic E-state index is -0.380. The third kappa shape index (κ3) is 15.1. The molecule has 6 nitrogen and oxygen atoms in total. The summed E-state index contributed by atoms with van der Waals surface area (Å²) in [6.07, 6.45) is 3.51. The predicted octanol–water partition coefficient (Wildman–Crippen LogP) is 1.28. The lowest BCUT2D eigenvalue weighted by Gasteiger charge is -2.07. The molecule has 1 amide bonds. The van der Waals surface area contributed by atoms with E-state index in [0.29, 0.717) is 39.5 Å². The van der Waals surface area contributed by atoms with Crippen molar-refractivity contribution in [2.45, 2.75) is 32.6 Å². The Labute approximate surface area is 116 Å². The normalized spacial score (nSPS) is 10.4. The molecule has 0 saturated heterocycles. The standard InChI is InChI=1S/C13H28N2O4/c1-2-3-9-19-13(16)15-7-10-18-12-11-17-8-5-4-6-14/h2-12,14H2,1H3,(H,15,16). The molecule has 114 valence electrons. The van der Waals surface area contributed by atoms with Crippen molar-refractivity contribution in [3.05, 3.63) is 0 Å². The number of hydrogen-bond donors (Lipinski definition) is 2. The van der Waals surface area contributed by atoms with Crippen LogP contribution in [0.4, 0.5) is 4.79 Å². The molecule has 3 N–H and O–H groups in total. The van der Waals surface area contributed by atoms with Gasteiger partial charge in [0.2, 0.25) is 0 Å². The molecule has 0 bridgehead atoms. The molecule has 0 saturated carbocycles. The molecule has 0 heterocycles. The molecule has 0 rings (SSSR count). The SMILES string of the molecule is CCCCOC(=O)NCCOCCOCCCCN. The number of carbonyl (C=O) groups is 1. The number of hydrogen-bond acceptors (Lipinski definition) is 5.